The minimum Gasteiger partial charge on any atom is -0.330 e. The molecular weight excluding hydrogens is 207 g/mol. The predicted octanol–water partition coefficient (Wildman–Crippen LogP) is 1.72. The molecule has 0 fully saturated rings. The number of aromatic nitrogens is 2. The van der Waals surface area contributed by atoms with Gasteiger partial charge in [-0.05, 0) is 26.0 Å². The average Bonchev–Trinajstić information content (AvgIpc) is 2.39. The Balaban J connectivity index is 3.04. The molecule has 0 saturated carbocycles. The van der Waals surface area contributed by atoms with Crippen molar-refractivity contribution in [2.24, 2.45) is 12.8 Å². The van der Waals surface area contributed by atoms with Gasteiger partial charge in [-0.3, -0.25) is 4.68 Å². The molecule has 1 aromatic rings. The van der Waals surface area contributed by atoms with E-state index in [0.717, 1.165) is 0 Å². The first-order valence-electron chi connectivity index (χ1n) is 4.63. The fraction of sp³-hybridized carbons (Fsp3) is 0.667. The number of nitrogens with zero attached hydrogens (tertiary/aromatic N) is 2. The van der Waals surface area contributed by atoms with Crippen molar-refractivity contribution in [3.63, 3.8) is 0 Å². The van der Waals surface area contributed by atoms with Gasteiger partial charge in [0.25, 0.3) is 0 Å². The van der Waals surface area contributed by atoms with E-state index in [9.17, 15) is 13.2 Å². The molecule has 0 aliphatic heterocycles. The molecule has 3 nitrogen and oxygen atoms in total. The molecular formula is C9H14F3N3. The molecule has 0 amide bonds. The fourth-order valence-corrected chi connectivity index (χ4v) is 1.60. The van der Waals surface area contributed by atoms with Crippen molar-refractivity contribution in [1.29, 1.82) is 0 Å². The van der Waals surface area contributed by atoms with Gasteiger partial charge < -0.3 is 5.73 Å². The van der Waals surface area contributed by atoms with E-state index in [0.29, 0.717) is 5.69 Å². The van der Waals surface area contributed by atoms with Crippen LogP contribution in [-0.4, -0.2) is 22.5 Å². The third-order valence-electron chi connectivity index (χ3n) is 2.25. The molecule has 0 spiro atoms. The van der Waals surface area contributed by atoms with Crippen molar-refractivity contribution in [3.8, 4) is 0 Å². The molecule has 15 heavy (non-hydrogen) atoms. The van der Waals surface area contributed by atoms with E-state index in [1.165, 1.54) is 17.8 Å². The molecule has 1 aromatic heterocycles. The number of rotatable bonds is 3. The van der Waals surface area contributed by atoms with Gasteiger partial charge in [-0.2, -0.15) is 18.3 Å². The normalized spacial score (nSPS) is 14.3. The largest absolute Gasteiger partial charge is 0.397 e. The summed E-state index contributed by atoms with van der Waals surface area (Å²) in [6, 6.07) is 1.45. The first kappa shape index (κ1) is 12.0. The highest BCUT2D eigenvalue weighted by molar-refractivity contribution is 5.15. The van der Waals surface area contributed by atoms with Crippen molar-refractivity contribution in [3.05, 3.63) is 17.5 Å². The number of hydrogen-bond donors (Lipinski definition) is 1. The van der Waals surface area contributed by atoms with Crippen LogP contribution in [0.4, 0.5) is 13.2 Å². The van der Waals surface area contributed by atoms with Gasteiger partial charge in [0.2, 0.25) is 0 Å². The van der Waals surface area contributed by atoms with Gasteiger partial charge >= 0.3 is 6.18 Å². The molecule has 0 aromatic carbocycles. The minimum absolute atomic E-state index is 0.00834. The van der Waals surface area contributed by atoms with Crippen molar-refractivity contribution in [2.75, 3.05) is 6.54 Å². The Hall–Kier alpha value is -1.04. The van der Waals surface area contributed by atoms with E-state index in [1.807, 2.05) is 0 Å². The lowest BCUT2D eigenvalue weighted by molar-refractivity contribution is -0.152. The van der Waals surface area contributed by atoms with E-state index < -0.39 is 12.1 Å². The Bertz CT molecular complexity index is 330. The number of aryl methyl sites for hydroxylation is 2. The van der Waals surface area contributed by atoms with Crippen LogP contribution in [0.1, 0.15) is 23.7 Å². The summed E-state index contributed by atoms with van der Waals surface area (Å²) in [7, 11) is 1.51. The summed E-state index contributed by atoms with van der Waals surface area (Å²) in [5.41, 5.74) is 5.94. The standard InChI is InChI=1S/C9H14F3N3/c1-6-5-8(15(2)14-6)7(3-4-13)9(10,11)12/h5,7H,3-4,13H2,1-2H3. The van der Waals surface area contributed by atoms with E-state index in [-0.39, 0.29) is 18.7 Å². The molecule has 0 saturated heterocycles. The summed E-state index contributed by atoms with van der Waals surface area (Å²) in [6.07, 6.45) is -4.37. The van der Waals surface area contributed by atoms with Gasteiger partial charge in [-0.25, -0.2) is 0 Å². The molecule has 1 heterocycles. The summed E-state index contributed by atoms with van der Waals surface area (Å²) in [4.78, 5) is 0. The third kappa shape index (κ3) is 2.71. The second-order valence-electron chi connectivity index (χ2n) is 3.51. The first-order valence-corrected chi connectivity index (χ1v) is 4.63. The van der Waals surface area contributed by atoms with Gasteiger partial charge in [-0.1, -0.05) is 0 Å². The Morgan fingerprint density at radius 1 is 1.53 bits per heavy atom. The van der Waals surface area contributed by atoms with Crippen molar-refractivity contribution in [2.45, 2.75) is 25.4 Å². The maximum Gasteiger partial charge on any atom is 0.397 e. The number of halogens is 3. The van der Waals surface area contributed by atoms with Crippen molar-refractivity contribution in [1.82, 2.24) is 9.78 Å². The zero-order valence-corrected chi connectivity index (χ0v) is 8.67. The SMILES string of the molecule is Cc1cc(C(CCN)C(F)(F)F)n(C)n1. The van der Waals surface area contributed by atoms with Crippen LogP contribution >= 0.6 is 0 Å². The predicted molar refractivity (Wildman–Crippen MR) is 50.4 cm³/mol. The van der Waals surface area contributed by atoms with Crippen molar-refractivity contribution < 1.29 is 13.2 Å². The summed E-state index contributed by atoms with van der Waals surface area (Å²) in [5.74, 6) is -1.52. The van der Waals surface area contributed by atoms with Gasteiger partial charge in [0.05, 0.1) is 17.3 Å². The van der Waals surface area contributed by atoms with E-state index >= 15 is 0 Å². The maximum absolute atomic E-state index is 12.7. The van der Waals surface area contributed by atoms with Crippen LogP contribution in [0.15, 0.2) is 6.07 Å². The number of hydrogen-bond acceptors (Lipinski definition) is 2. The third-order valence-corrected chi connectivity index (χ3v) is 2.25. The second-order valence-corrected chi connectivity index (χ2v) is 3.51. The summed E-state index contributed by atoms with van der Waals surface area (Å²) >= 11 is 0. The maximum atomic E-state index is 12.7. The minimum atomic E-state index is -4.26. The van der Waals surface area contributed by atoms with Gasteiger partial charge in [0, 0.05) is 7.05 Å². The molecule has 0 aliphatic rings. The van der Waals surface area contributed by atoms with Crippen LogP contribution in [0.5, 0.6) is 0 Å². The fourth-order valence-electron chi connectivity index (χ4n) is 1.60. The Morgan fingerprint density at radius 2 is 2.13 bits per heavy atom. The molecule has 1 rings (SSSR count). The summed E-state index contributed by atoms with van der Waals surface area (Å²) in [5, 5.41) is 3.90. The highest BCUT2D eigenvalue weighted by atomic mass is 19.4. The second kappa shape index (κ2) is 4.22. The zero-order chi connectivity index (χ0) is 11.6. The molecule has 0 bridgehead atoms. The number of nitrogens with two attached hydrogens (primary N) is 1. The van der Waals surface area contributed by atoms with Gasteiger partial charge in [0.15, 0.2) is 0 Å². The molecule has 2 N–H and O–H groups in total. The highest BCUT2D eigenvalue weighted by Gasteiger charge is 2.41. The Labute approximate surface area is 86.1 Å². The summed E-state index contributed by atoms with van der Waals surface area (Å²) in [6.45, 7) is 1.67. The zero-order valence-electron chi connectivity index (χ0n) is 8.67. The van der Waals surface area contributed by atoms with Crippen LogP contribution in [0.3, 0.4) is 0 Å². The average molecular weight is 221 g/mol. The molecule has 1 atom stereocenters. The molecule has 6 heteroatoms. The van der Waals surface area contributed by atoms with Crippen molar-refractivity contribution >= 4 is 0 Å². The quantitative estimate of drug-likeness (QED) is 0.844. The number of alkyl halides is 3. The Kier molecular flexibility index (Phi) is 3.38. The van der Waals surface area contributed by atoms with E-state index in [2.05, 4.69) is 5.10 Å². The van der Waals surface area contributed by atoms with Crippen LogP contribution in [-0.2, 0) is 7.05 Å². The smallest absolute Gasteiger partial charge is 0.330 e. The van der Waals surface area contributed by atoms with E-state index in [4.69, 9.17) is 5.73 Å². The van der Waals surface area contributed by atoms with Crippen LogP contribution < -0.4 is 5.73 Å². The summed E-state index contributed by atoms with van der Waals surface area (Å²) < 4.78 is 39.3. The lowest BCUT2D eigenvalue weighted by Crippen LogP contribution is -2.25. The van der Waals surface area contributed by atoms with E-state index in [1.54, 1.807) is 6.92 Å². The van der Waals surface area contributed by atoms with Crippen LogP contribution in [0.2, 0.25) is 0 Å². The first-order chi connectivity index (χ1) is 6.86. The Morgan fingerprint density at radius 3 is 2.47 bits per heavy atom. The van der Waals surface area contributed by atoms with Crippen LogP contribution in [0.25, 0.3) is 0 Å². The van der Waals surface area contributed by atoms with Gasteiger partial charge in [-0.15, -0.1) is 0 Å². The molecule has 0 radical (unpaired) electrons. The molecule has 86 valence electrons. The molecule has 0 aliphatic carbocycles. The lowest BCUT2D eigenvalue weighted by Gasteiger charge is -2.19. The lowest BCUT2D eigenvalue weighted by atomic mass is 10.0. The van der Waals surface area contributed by atoms with Crippen LogP contribution in [0, 0.1) is 6.92 Å². The highest BCUT2D eigenvalue weighted by Crippen LogP contribution is 2.36. The van der Waals surface area contributed by atoms with Gasteiger partial charge in [0.1, 0.15) is 0 Å². The molecule has 1 unspecified atom stereocenters. The topological polar surface area (TPSA) is 43.8 Å². The monoisotopic (exact) mass is 221 g/mol.